The van der Waals surface area contributed by atoms with Gasteiger partial charge in [0.25, 0.3) is 5.91 Å². The summed E-state index contributed by atoms with van der Waals surface area (Å²) >= 11 is 0. The second-order valence-corrected chi connectivity index (χ2v) is 8.19. The standard InChI is InChI=1S/C16H19N3O3S/c1-11-8-12(2)19(18-11)15-5-3-4-13(9-15)16(20)17-14-6-7-23(21,22)10-14/h3-5,8-9,14H,6-7,10H2,1-2H3,(H,17,20). The second kappa shape index (κ2) is 5.81. The molecule has 6 nitrogen and oxygen atoms in total. The molecule has 1 amide bonds. The van der Waals surface area contributed by atoms with E-state index in [0.717, 1.165) is 17.1 Å². The van der Waals surface area contributed by atoms with Gasteiger partial charge in [0.2, 0.25) is 0 Å². The van der Waals surface area contributed by atoms with E-state index in [-0.39, 0.29) is 23.5 Å². The van der Waals surface area contributed by atoms with E-state index in [1.165, 1.54) is 0 Å². The van der Waals surface area contributed by atoms with Crippen molar-refractivity contribution in [1.82, 2.24) is 15.1 Å². The van der Waals surface area contributed by atoms with Gasteiger partial charge in [-0.05, 0) is 44.5 Å². The maximum atomic E-state index is 12.3. The predicted molar refractivity (Wildman–Crippen MR) is 87.6 cm³/mol. The van der Waals surface area contributed by atoms with Gasteiger partial charge < -0.3 is 5.32 Å². The Labute approximate surface area is 135 Å². The lowest BCUT2D eigenvalue weighted by Crippen LogP contribution is -2.35. The zero-order valence-electron chi connectivity index (χ0n) is 13.1. The molecular formula is C16H19N3O3S. The Balaban J connectivity index is 1.80. The maximum Gasteiger partial charge on any atom is 0.251 e. The average molecular weight is 333 g/mol. The number of amides is 1. The third-order valence-corrected chi connectivity index (χ3v) is 5.70. The largest absolute Gasteiger partial charge is 0.348 e. The highest BCUT2D eigenvalue weighted by Gasteiger charge is 2.29. The molecular weight excluding hydrogens is 314 g/mol. The van der Waals surface area contributed by atoms with E-state index in [1.807, 2.05) is 26.0 Å². The van der Waals surface area contributed by atoms with E-state index < -0.39 is 9.84 Å². The molecule has 1 saturated heterocycles. The van der Waals surface area contributed by atoms with Crippen LogP contribution in [0.5, 0.6) is 0 Å². The minimum Gasteiger partial charge on any atom is -0.348 e. The molecule has 0 radical (unpaired) electrons. The fraction of sp³-hybridized carbons (Fsp3) is 0.375. The van der Waals surface area contributed by atoms with E-state index in [1.54, 1.807) is 22.9 Å². The summed E-state index contributed by atoms with van der Waals surface area (Å²) in [6.07, 6.45) is 0.477. The molecule has 0 aliphatic carbocycles. The van der Waals surface area contributed by atoms with Gasteiger partial charge in [0.15, 0.2) is 9.84 Å². The molecule has 1 aromatic carbocycles. The van der Waals surface area contributed by atoms with Crippen LogP contribution in [0.2, 0.25) is 0 Å². The van der Waals surface area contributed by atoms with Gasteiger partial charge in [0, 0.05) is 17.3 Å². The molecule has 2 heterocycles. The van der Waals surface area contributed by atoms with Crippen LogP contribution in [-0.2, 0) is 9.84 Å². The summed E-state index contributed by atoms with van der Waals surface area (Å²) in [7, 11) is -3.01. The van der Waals surface area contributed by atoms with E-state index in [9.17, 15) is 13.2 Å². The summed E-state index contributed by atoms with van der Waals surface area (Å²) in [6.45, 7) is 3.87. The van der Waals surface area contributed by atoms with Gasteiger partial charge in [-0.1, -0.05) is 6.07 Å². The van der Waals surface area contributed by atoms with Crippen molar-refractivity contribution < 1.29 is 13.2 Å². The monoisotopic (exact) mass is 333 g/mol. The lowest BCUT2D eigenvalue weighted by molar-refractivity contribution is 0.0941. The Kier molecular flexibility index (Phi) is 3.97. The van der Waals surface area contributed by atoms with Crippen molar-refractivity contribution in [3.05, 3.63) is 47.3 Å². The molecule has 1 unspecified atom stereocenters. The molecule has 1 aliphatic rings. The summed E-state index contributed by atoms with van der Waals surface area (Å²) < 4.78 is 24.7. The second-order valence-electron chi connectivity index (χ2n) is 5.96. The molecule has 3 rings (SSSR count). The fourth-order valence-corrected chi connectivity index (χ4v) is 4.52. The van der Waals surface area contributed by atoms with Crippen LogP contribution in [0, 0.1) is 13.8 Å². The summed E-state index contributed by atoms with van der Waals surface area (Å²) in [4.78, 5) is 12.3. The Morgan fingerprint density at radius 3 is 2.70 bits per heavy atom. The molecule has 0 saturated carbocycles. The lowest BCUT2D eigenvalue weighted by Gasteiger charge is -2.12. The molecule has 0 spiro atoms. The third-order valence-electron chi connectivity index (χ3n) is 3.93. The number of carbonyl (C=O) groups is 1. The van der Waals surface area contributed by atoms with Gasteiger partial charge in [0.1, 0.15) is 0 Å². The van der Waals surface area contributed by atoms with E-state index in [0.29, 0.717) is 12.0 Å². The van der Waals surface area contributed by atoms with Crippen LogP contribution in [0.4, 0.5) is 0 Å². The molecule has 0 bridgehead atoms. The highest BCUT2D eigenvalue weighted by molar-refractivity contribution is 7.91. The van der Waals surface area contributed by atoms with Crippen molar-refractivity contribution in [2.45, 2.75) is 26.3 Å². The minimum atomic E-state index is -3.01. The third kappa shape index (κ3) is 3.44. The number of nitrogens with one attached hydrogen (secondary N) is 1. The molecule has 23 heavy (non-hydrogen) atoms. The van der Waals surface area contributed by atoms with E-state index in [2.05, 4.69) is 10.4 Å². The number of aromatic nitrogens is 2. The van der Waals surface area contributed by atoms with Gasteiger partial charge in [-0.3, -0.25) is 4.79 Å². The summed E-state index contributed by atoms with van der Waals surface area (Å²) in [6, 6.07) is 8.83. The van der Waals surface area contributed by atoms with Crippen molar-refractivity contribution in [3.63, 3.8) is 0 Å². The van der Waals surface area contributed by atoms with Crippen molar-refractivity contribution in [2.75, 3.05) is 11.5 Å². The first kappa shape index (κ1) is 15.7. The first-order valence-electron chi connectivity index (χ1n) is 7.49. The van der Waals surface area contributed by atoms with Crippen molar-refractivity contribution in [2.24, 2.45) is 0 Å². The highest BCUT2D eigenvalue weighted by Crippen LogP contribution is 2.15. The minimum absolute atomic E-state index is 0.0237. The number of hydrogen-bond donors (Lipinski definition) is 1. The van der Waals surface area contributed by atoms with Gasteiger partial charge in [-0.2, -0.15) is 5.10 Å². The van der Waals surface area contributed by atoms with Crippen molar-refractivity contribution in [1.29, 1.82) is 0 Å². The van der Waals surface area contributed by atoms with Crippen LogP contribution in [0.25, 0.3) is 5.69 Å². The fourth-order valence-electron chi connectivity index (χ4n) is 2.85. The topological polar surface area (TPSA) is 81.1 Å². The molecule has 1 N–H and O–H groups in total. The molecule has 1 aromatic heterocycles. The van der Waals surface area contributed by atoms with Crippen LogP contribution in [0.1, 0.15) is 28.2 Å². The number of nitrogens with zero attached hydrogens (tertiary/aromatic N) is 2. The van der Waals surface area contributed by atoms with Crippen LogP contribution in [0.15, 0.2) is 30.3 Å². The highest BCUT2D eigenvalue weighted by atomic mass is 32.2. The summed E-state index contributed by atoms with van der Waals surface area (Å²) in [5, 5.41) is 7.21. The molecule has 1 atom stereocenters. The molecule has 122 valence electrons. The van der Waals surface area contributed by atoms with Gasteiger partial charge in [-0.15, -0.1) is 0 Å². The van der Waals surface area contributed by atoms with Crippen LogP contribution in [0.3, 0.4) is 0 Å². The SMILES string of the molecule is Cc1cc(C)n(-c2cccc(C(=O)NC3CCS(=O)(=O)C3)c2)n1. The molecule has 2 aromatic rings. The summed E-state index contributed by atoms with van der Waals surface area (Å²) in [5.74, 6) is -0.0879. The Bertz CT molecular complexity index is 855. The van der Waals surface area contributed by atoms with Crippen LogP contribution < -0.4 is 5.32 Å². The van der Waals surface area contributed by atoms with Crippen molar-refractivity contribution in [3.8, 4) is 5.69 Å². The number of benzene rings is 1. The number of carbonyl (C=O) groups excluding carboxylic acids is 1. The first-order valence-corrected chi connectivity index (χ1v) is 9.31. The van der Waals surface area contributed by atoms with Crippen LogP contribution in [-0.4, -0.2) is 41.7 Å². The Hall–Kier alpha value is -2.15. The number of sulfone groups is 1. The van der Waals surface area contributed by atoms with E-state index >= 15 is 0 Å². The Morgan fingerprint density at radius 1 is 1.30 bits per heavy atom. The number of rotatable bonds is 3. The van der Waals surface area contributed by atoms with Crippen molar-refractivity contribution >= 4 is 15.7 Å². The quantitative estimate of drug-likeness (QED) is 0.921. The van der Waals surface area contributed by atoms with Gasteiger partial charge in [0.05, 0.1) is 22.9 Å². The first-order chi connectivity index (χ1) is 10.8. The van der Waals surface area contributed by atoms with Crippen LogP contribution >= 0.6 is 0 Å². The molecule has 1 fully saturated rings. The molecule has 7 heteroatoms. The zero-order valence-corrected chi connectivity index (χ0v) is 13.9. The van der Waals surface area contributed by atoms with Gasteiger partial charge >= 0.3 is 0 Å². The lowest BCUT2D eigenvalue weighted by atomic mass is 10.1. The predicted octanol–water partition coefficient (Wildman–Crippen LogP) is 1.41. The molecule has 1 aliphatic heterocycles. The number of aryl methyl sites for hydroxylation is 2. The van der Waals surface area contributed by atoms with E-state index in [4.69, 9.17) is 0 Å². The number of hydrogen-bond acceptors (Lipinski definition) is 4. The normalized spacial score (nSPS) is 19.7. The zero-order chi connectivity index (χ0) is 16.6. The summed E-state index contributed by atoms with van der Waals surface area (Å²) in [5.41, 5.74) is 3.21. The maximum absolute atomic E-state index is 12.3. The average Bonchev–Trinajstić information content (AvgIpc) is 3.00. The van der Waals surface area contributed by atoms with Gasteiger partial charge in [-0.25, -0.2) is 13.1 Å². The Morgan fingerprint density at radius 2 is 2.09 bits per heavy atom. The smallest absolute Gasteiger partial charge is 0.251 e.